The van der Waals surface area contributed by atoms with Gasteiger partial charge in [-0.05, 0) is 48.9 Å². The summed E-state index contributed by atoms with van der Waals surface area (Å²) in [5.74, 6) is 0.0174. The fourth-order valence-corrected chi connectivity index (χ4v) is 1.99. The van der Waals surface area contributed by atoms with Gasteiger partial charge in [0.15, 0.2) is 5.78 Å². The van der Waals surface area contributed by atoms with E-state index in [-0.39, 0.29) is 5.78 Å². The lowest BCUT2D eigenvalue weighted by atomic mass is 9.99. The van der Waals surface area contributed by atoms with Crippen molar-refractivity contribution in [3.05, 3.63) is 63.6 Å². The summed E-state index contributed by atoms with van der Waals surface area (Å²) in [5.41, 5.74) is 8.59. The molecular formula is C14H12BrNO. The summed E-state index contributed by atoms with van der Waals surface area (Å²) in [6.07, 6.45) is 0. The molecule has 2 nitrogen and oxygen atoms in total. The van der Waals surface area contributed by atoms with Gasteiger partial charge in [0.05, 0.1) is 0 Å². The van der Waals surface area contributed by atoms with E-state index in [0.29, 0.717) is 16.8 Å². The van der Waals surface area contributed by atoms with Gasteiger partial charge >= 0.3 is 0 Å². The SMILES string of the molecule is Cc1ccc(Br)cc1C(=O)c1ccc(N)cc1. The van der Waals surface area contributed by atoms with Crippen LogP contribution in [0.15, 0.2) is 46.9 Å². The van der Waals surface area contributed by atoms with Gasteiger partial charge in [-0.15, -0.1) is 0 Å². The fraction of sp³-hybridized carbons (Fsp3) is 0.0714. The van der Waals surface area contributed by atoms with Crippen molar-refractivity contribution in [2.24, 2.45) is 0 Å². The average molecular weight is 290 g/mol. The molecule has 2 aromatic rings. The molecule has 0 aliphatic heterocycles. The third-order valence-corrected chi connectivity index (χ3v) is 3.11. The maximum absolute atomic E-state index is 12.3. The molecule has 2 aromatic carbocycles. The van der Waals surface area contributed by atoms with Gasteiger partial charge in [0, 0.05) is 21.3 Å². The highest BCUT2D eigenvalue weighted by atomic mass is 79.9. The normalized spacial score (nSPS) is 10.2. The number of anilines is 1. The van der Waals surface area contributed by atoms with E-state index in [0.717, 1.165) is 10.0 Å². The molecule has 2 N–H and O–H groups in total. The van der Waals surface area contributed by atoms with Gasteiger partial charge in [0.25, 0.3) is 0 Å². The molecule has 0 atom stereocenters. The lowest BCUT2D eigenvalue weighted by Crippen LogP contribution is -2.03. The van der Waals surface area contributed by atoms with Crippen LogP contribution in [0, 0.1) is 6.92 Å². The monoisotopic (exact) mass is 289 g/mol. The van der Waals surface area contributed by atoms with E-state index in [9.17, 15) is 4.79 Å². The van der Waals surface area contributed by atoms with Gasteiger partial charge in [-0.2, -0.15) is 0 Å². The van der Waals surface area contributed by atoms with Crippen LogP contribution in [0.25, 0.3) is 0 Å². The summed E-state index contributed by atoms with van der Waals surface area (Å²) in [5, 5.41) is 0. The molecule has 0 amide bonds. The van der Waals surface area contributed by atoms with Crippen molar-refractivity contribution in [1.29, 1.82) is 0 Å². The number of hydrogen-bond acceptors (Lipinski definition) is 2. The summed E-state index contributed by atoms with van der Waals surface area (Å²) < 4.78 is 0.905. The minimum Gasteiger partial charge on any atom is -0.399 e. The third-order valence-electron chi connectivity index (χ3n) is 2.62. The number of rotatable bonds is 2. The maximum Gasteiger partial charge on any atom is 0.193 e. The highest BCUT2D eigenvalue weighted by Crippen LogP contribution is 2.19. The van der Waals surface area contributed by atoms with E-state index >= 15 is 0 Å². The molecule has 0 fully saturated rings. The fourth-order valence-electron chi connectivity index (χ4n) is 1.63. The number of ketones is 1. The molecular weight excluding hydrogens is 278 g/mol. The Morgan fingerprint density at radius 3 is 2.41 bits per heavy atom. The van der Waals surface area contributed by atoms with Gasteiger partial charge in [0.2, 0.25) is 0 Å². The Morgan fingerprint density at radius 2 is 1.76 bits per heavy atom. The first kappa shape index (κ1) is 11.9. The molecule has 0 spiro atoms. The molecule has 2 rings (SSSR count). The molecule has 17 heavy (non-hydrogen) atoms. The summed E-state index contributed by atoms with van der Waals surface area (Å²) in [4.78, 5) is 12.3. The molecule has 0 unspecified atom stereocenters. The Morgan fingerprint density at radius 1 is 1.12 bits per heavy atom. The molecule has 0 heterocycles. The molecule has 0 aromatic heterocycles. The molecule has 0 radical (unpaired) electrons. The minimum absolute atomic E-state index is 0.0174. The van der Waals surface area contributed by atoms with Crippen molar-refractivity contribution in [3.63, 3.8) is 0 Å². The molecule has 0 aliphatic rings. The van der Waals surface area contributed by atoms with Crippen molar-refractivity contribution in [2.75, 3.05) is 5.73 Å². The Balaban J connectivity index is 2.43. The highest BCUT2D eigenvalue weighted by Gasteiger charge is 2.11. The lowest BCUT2D eigenvalue weighted by molar-refractivity contribution is 0.103. The smallest absolute Gasteiger partial charge is 0.193 e. The first-order valence-electron chi connectivity index (χ1n) is 5.24. The number of aryl methyl sites for hydroxylation is 1. The molecule has 86 valence electrons. The van der Waals surface area contributed by atoms with Crippen molar-refractivity contribution in [3.8, 4) is 0 Å². The van der Waals surface area contributed by atoms with Crippen molar-refractivity contribution in [2.45, 2.75) is 6.92 Å². The second-order valence-corrected chi connectivity index (χ2v) is 4.83. The molecule has 0 saturated carbocycles. The zero-order valence-electron chi connectivity index (χ0n) is 9.41. The van der Waals surface area contributed by atoms with Crippen LogP contribution in [0.4, 0.5) is 5.69 Å². The number of benzene rings is 2. The van der Waals surface area contributed by atoms with Crippen LogP contribution in [0.1, 0.15) is 21.5 Å². The zero-order chi connectivity index (χ0) is 12.4. The highest BCUT2D eigenvalue weighted by molar-refractivity contribution is 9.10. The van der Waals surface area contributed by atoms with Crippen LogP contribution in [-0.4, -0.2) is 5.78 Å². The van der Waals surface area contributed by atoms with Crippen LogP contribution in [-0.2, 0) is 0 Å². The first-order valence-corrected chi connectivity index (χ1v) is 6.03. The van der Waals surface area contributed by atoms with Crippen LogP contribution >= 0.6 is 15.9 Å². The minimum atomic E-state index is 0.0174. The maximum atomic E-state index is 12.3. The van der Waals surface area contributed by atoms with Crippen LogP contribution in [0.3, 0.4) is 0 Å². The number of halogens is 1. The van der Waals surface area contributed by atoms with E-state index in [1.165, 1.54) is 0 Å². The first-order chi connectivity index (χ1) is 8.08. The number of carbonyl (C=O) groups excluding carboxylic acids is 1. The van der Waals surface area contributed by atoms with Crippen molar-refractivity contribution >= 4 is 27.4 Å². The van der Waals surface area contributed by atoms with Gasteiger partial charge in [-0.3, -0.25) is 4.79 Å². The predicted octanol–water partition coefficient (Wildman–Crippen LogP) is 3.57. The zero-order valence-corrected chi connectivity index (χ0v) is 11.0. The summed E-state index contributed by atoms with van der Waals surface area (Å²) in [7, 11) is 0. The Kier molecular flexibility index (Phi) is 3.29. The van der Waals surface area contributed by atoms with E-state index in [4.69, 9.17) is 5.73 Å². The Hall–Kier alpha value is -1.61. The molecule has 0 aliphatic carbocycles. The van der Waals surface area contributed by atoms with E-state index < -0.39 is 0 Å². The van der Waals surface area contributed by atoms with Crippen LogP contribution in [0.5, 0.6) is 0 Å². The number of nitrogens with two attached hydrogens (primary N) is 1. The standard InChI is InChI=1S/C14H12BrNO/c1-9-2-5-11(15)8-13(9)14(17)10-3-6-12(16)7-4-10/h2-8H,16H2,1H3. The topological polar surface area (TPSA) is 43.1 Å². The number of nitrogen functional groups attached to an aromatic ring is 1. The van der Waals surface area contributed by atoms with Crippen molar-refractivity contribution < 1.29 is 4.79 Å². The third kappa shape index (κ3) is 2.56. The second kappa shape index (κ2) is 4.72. The molecule has 3 heteroatoms. The Bertz CT molecular complexity index is 561. The quantitative estimate of drug-likeness (QED) is 0.678. The summed E-state index contributed by atoms with van der Waals surface area (Å²) in [6, 6.07) is 12.7. The van der Waals surface area contributed by atoms with E-state index in [1.54, 1.807) is 24.3 Å². The van der Waals surface area contributed by atoms with Gasteiger partial charge in [0.1, 0.15) is 0 Å². The average Bonchev–Trinajstić information content (AvgIpc) is 2.32. The van der Waals surface area contributed by atoms with Gasteiger partial charge < -0.3 is 5.73 Å². The Labute approximate surface area is 109 Å². The molecule has 0 bridgehead atoms. The number of carbonyl (C=O) groups is 1. The van der Waals surface area contributed by atoms with Gasteiger partial charge in [-0.1, -0.05) is 22.0 Å². The van der Waals surface area contributed by atoms with Crippen LogP contribution in [0.2, 0.25) is 0 Å². The second-order valence-electron chi connectivity index (χ2n) is 3.91. The van der Waals surface area contributed by atoms with E-state index in [2.05, 4.69) is 15.9 Å². The molecule has 0 saturated heterocycles. The van der Waals surface area contributed by atoms with Crippen molar-refractivity contribution in [1.82, 2.24) is 0 Å². The lowest BCUT2D eigenvalue weighted by Gasteiger charge is -2.06. The summed E-state index contributed by atoms with van der Waals surface area (Å²) >= 11 is 3.38. The van der Waals surface area contributed by atoms with Crippen LogP contribution < -0.4 is 5.73 Å². The number of hydrogen-bond donors (Lipinski definition) is 1. The van der Waals surface area contributed by atoms with E-state index in [1.807, 2.05) is 25.1 Å². The summed E-state index contributed by atoms with van der Waals surface area (Å²) in [6.45, 7) is 1.93. The van der Waals surface area contributed by atoms with Gasteiger partial charge in [-0.25, -0.2) is 0 Å². The predicted molar refractivity (Wildman–Crippen MR) is 73.2 cm³/mol. The largest absolute Gasteiger partial charge is 0.399 e.